The van der Waals surface area contributed by atoms with Crippen LogP contribution in [0.3, 0.4) is 0 Å². The highest BCUT2D eigenvalue weighted by atomic mass is 35.5. The Hall–Kier alpha value is -1.73. The van der Waals surface area contributed by atoms with Crippen LogP contribution in [0.4, 0.5) is 5.69 Å². The minimum Gasteiger partial charge on any atom is -0.357 e. The molecule has 0 unspecified atom stereocenters. The number of nitrogens with one attached hydrogen (secondary N) is 2. The lowest BCUT2D eigenvalue weighted by atomic mass is 10.0. The number of hydrogen-bond acceptors (Lipinski definition) is 2. The van der Waals surface area contributed by atoms with Gasteiger partial charge in [0.25, 0.3) is 0 Å². The van der Waals surface area contributed by atoms with Gasteiger partial charge in [0.15, 0.2) is 0 Å². The fraction of sp³-hybridized carbons (Fsp3) is 0.222. The number of H-pyrrole nitrogens is 1. The number of nitrogens with zero attached hydrogens (tertiary/aromatic N) is 1. The Bertz CT molecular complexity index is 1110. The molecule has 136 valence electrons. The molecule has 0 spiro atoms. The third-order valence-corrected chi connectivity index (χ3v) is 6.79. The molecule has 0 fully saturated rings. The lowest BCUT2D eigenvalue weighted by Gasteiger charge is -2.26. The number of rotatable bonds is 3. The Morgan fingerprint density at radius 3 is 2.73 bits per heavy atom. The van der Waals surface area contributed by atoms with Gasteiger partial charge in [-0.15, -0.1) is 0 Å². The molecule has 0 saturated carbocycles. The summed E-state index contributed by atoms with van der Waals surface area (Å²) in [5.41, 5.74) is 4.34. The summed E-state index contributed by atoms with van der Waals surface area (Å²) in [5.74, 6) is 0. The maximum absolute atomic E-state index is 12.8. The van der Waals surface area contributed by atoms with E-state index in [1.807, 2.05) is 25.1 Å². The van der Waals surface area contributed by atoms with Gasteiger partial charge in [-0.25, -0.2) is 0 Å². The zero-order valence-electron chi connectivity index (χ0n) is 14.0. The molecule has 0 amide bonds. The molecule has 26 heavy (non-hydrogen) atoms. The normalized spacial score (nSPS) is 15.2. The van der Waals surface area contributed by atoms with Crippen molar-refractivity contribution in [3.63, 3.8) is 0 Å². The number of aryl methyl sites for hydroxylation is 1. The summed E-state index contributed by atoms with van der Waals surface area (Å²) in [5, 5.41) is 2.34. The number of benzene rings is 2. The zero-order valence-corrected chi connectivity index (χ0v) is 16.3. The molecule has 0 bridgehead atoms. The summed E-state index contributed by atoms with van der Waals surface area (Å²) in [7, 11) is -3.66. The summed E-state index contributed by atoms with van der Waals surface area (Å²) in [6.07, 6.45) is 0.635. The van der Waals surface area contributed by atoms with Gasteiger partial charge in [-0.05, 0) is 60.9 Å². The van der Waals surface area contributed by atoms with Crippen LogP contribution >= 0.6 is 23.2 Å². The summed E-state index contributed by atoms with van der Waals surface area (Å²) in [6.45, 7) is 2.54. The molecule has 0 aliphatic carbocycles. The number of hydrogen-bond donors (Lipinski definition) is 2. The molecule has 1 aliphatic heterocycles. The van der Waals surface area contributed by atoms with Gasteiger partial charge >= 0.3 is 10.2 Å². The van der Waals surface area contributed by atoms with E-state index < -0.39 is 10.2 Å². The molecule has 4 rings (SSSR count). The second-order valence-corrected chi connectivity index (χ2v) is 8.94. The fourth-order valence-corrected chi connectivity index (χ4v) is 4.79. The molecular weight excluding hydrogens is 393 g/mol. The van der Waals surface area contributed by atoms with E-state index in [4.69, 9.17) is 23.2 Å². The molecule has 3 aromatic rings. The van der Waals surface area contributed by atoms with Gasteiger partial charge in [0.1, 0.15) is 0 Å². The lowest BCUT2D eigenvalue weighted by Crippen LogP contribution is -2.39. The quantitative estimate of drug-likeness (QED) is 0.668. The first-order valence-electron chi connectivity index (χ1n) is 8.16. The van der Waals surface area contributed by atoms with Gasteiger partial charge in [0, 0.05) is 33.2 Å². The number of aromatic nitrogens is 1. The minimum absolute atomic E-state index is 0.295. The van der Waals surface area contributed by atoms with Gasteiger partial charge in [-0.2, -0.15) is 12.7 Å². The molecular formula is C18H17Cl2N3O2S. The van der Waals surface area contributed by atoms with E-state index >= 15 is 0 Å². The topological polar surface area (TPSA) is 65.2 Å². The molecule has 2 aromatic carbocycles. The van der Waals surface area contributed by atoms with E-state index in [0.717, 1.165) is 27.7 Å². The summed E-state index contributed by atoms with van der Waals surface area (Å²) in [6, 6.07) is 10.7. The van der Waals surface area contributed by atoms with Crippen molar-refractivity contribution in [1.82, 2.24) is 9.29 Å². The van der Waals surface area contributed by atoms with Crippen LogP contribution in [-0.4, -0.2) is 24.3 Å². The Morgan fingerprint density at radius 2 is 1.96 bits per heavy atom. The molecule has 5 nitrogen and oxygen atoms in total. The van der Waals surface area contributed by atoms with Crippen LogP contribution in [0.25, 0.3) is 10.9 Å². The van der Waals surface area contributed by atoms with Crippen LogP contribution in [0.5, 0.6) is 0 Å². The van der Waals surface area contributed by atoms with Crippen molar-refractivity contribution in [1.29, 1.82) is 0 Å². The predicted octanol–water partition coefficient (Wildman–Crippen LogP) is 4.50. The second kappa shape index (κ2) is 6.46. The molecule has 0 saturated heterocycles. The van der Waals surface area contributed by atoms with Crippen LogP contribution in [0.15, 0.2) is 36.4 Å². The second-order valence-electron chi connectivity index (χ2n) is 6.43. The van der Waals surface area contributed by atoms with Crippen LogP contribution in [-0.2, 0) is 23.2 Å². The predicted molar refractivity (Wildman–Crippen MR) is 106 cm³/mol. The van der Waals surface area contributed by atoms with Crippen LogP contribution in [0.1, 0.15) is 16.8 Å². The average Bonchev–Trinajstić information content (AvgIpc) is 2.95. The van der Waals surface area contributed by atoms with Gasteiger partial charge < -0.3 is 4.98 Å². The van der Waals surface area contributed by atoms with E-state index in [1.54, 1.807) is 18.2 Å². The summed E-state index contributed by atoms with van der Waals surface area (Å²) in [4.78, 5) is 3.32. The Morgan fingerprint density at radius 1 is 1.15 bits per heavy atom. The molecule has 0 radical (unpaired) electrons. The van der Waals surface area contributed by atoms with Crippen LogP contribution in [0, 0.1) is 6.92 Å². The number of aromatic amines is 1. The highest BCUT2D eigenvalue weighted by molar-refractivity contribution is 7.90. The van der Waals surface area contributed by atoms with Gasteiger partial charge in [0.2, 0.25) is 0 Å². The first-order chi connectivity index (χ1) is 12.3. The SMILES string of the molecule is Cc1cc(NS(=O)(=O)N2CCc3c([nH]c4ccc(Cl)cc34)C2)ccc1Cl. The summed E-state index contributed by atoms with van der Waals surface area (Å²) < 4.78 is 29.6. The highest BCUT2D eigenvalue weighted by Gasteiger charge is 2.29. The summed E-state index contributed by atoms with van der Waals surface area (Å²) >= 11 is 12.1. The van der Waals surface area contributed by atoms with E-state index in [9.17, 15) is 8.42 Å². The first kappa shape index (κ1) is 17.7. The average molecular weight is 410 g/mol. The van der Waals surface area contributed by atoms with Gasteiger partial charge in [-0.1, -0.05) is 23.2 Å². The third kappa shape index (κ3) is 3.18. The number of halogens is 2. The largest absolute Gasteiger partial charge is 0.357 e. The standard InChI is InChI=1S/C18H17Cl2N3O2S/c1-11-8-13(3-4-16(11)20)22-26(24,25)23-7-6-14-15-9-12(19)2-5-17(15)21-18(14)10-23/h2-5,8-9,21-22H,6-7,10H2,1H3. The van der Waals surface area contributed by atoms with Crippen molar-refractivity contribution in [2.45, 2.75) is 19.9 Å². The molecule has 1 aromatic heterocycles. The molecule has 0 atom stereocenters. The van der Waals surface area contributed by atoms with E-state index in [-0.39, 0.29) is 0 Å². The highest BCUT2D eigenvalue weighted by Crippen LogP contribution is 2.31. The smallest absolute Gasteiger partial charge is 0.302 e. The van der Waals surface area contributed by atoms with Gasteiger partial charge in [-0.3, -0.25) is 4.72 Å². The molecule has 8 heteroatoms. The van der Waals surface area contributed by atoms with Crippen molar-refractivity contribution >= 4 is 50.0 Å². The van der Waals surface area contributed by atoms with Crippen molar-refractivity contribution in [2.75, 3.05) is 11.3 Å². The zero-order chi connectivity index (χ0) is 18.5. The maximum atomic E-state index is 12.8. The fourth-order valence-electron chi connectivity index (χ4n) is 3.31. The van der Waals surface area contributed by atoms with Crippen molar-refractivity contribution in [2.24, 2.45) is 0 Å². The Balaban J connectivity index is 1.61. The third-order valence-electron chi connectivity index (χ3n) is 4.65. The molecule has 1 aliphatic rings. The monoisotopic (exact) mass is 409 g/mol. The number of anilines is 1. The minimum atomic E-state index is -3.66. The first-order valence-corrected chi connectivity index (χ1v) is 10.4. The van der Waals surface area contributed by atoms with Crippen LogP contribution in [0.2, 0.25) is 10.0 Å². The Labute approximate surface area is 162 Å². The molecule has 2 N–H and O–H groups in total. The van der Waals surface area contributed by atoms with E-state index in [0.29, 0.717) is 35.2 Å². The maximum Gasteiger partial charge on any atom is 0.302 e. The number of fused-ring (bicyclic) bond motifs is 3. The van der Waals surface area contributed by atoms with Crippen molar-refractivity contribution < 1.29 is 8.42 Å². The van der Waals surface area contributed by atoms with Crippen molar-refractivity contribution in [3.05, 3.63) is 63.3 Å². The van der Waals surface area contributed by atoms with Crippen molar-refractivity contribution in [3.8, 4) is 0 Å². The van der Waals surface area contributed by atoms with Crippen LogP contribution < -0.4 is 4.72 Å². The van der Waals surface area contributed by atoms with E-state index in [2.05, 4.69) is 9.71 Å². The Kier molecular flexibility index (Phi) is 4.39. The van der Waals surface area contributed by atoms with E-state index in [1.165, 1.54) is 4.31 Å². The lowest BCUT2D eigenvalue weighted by molar-refractivity contribution is 0.391. The molecule has 2 heterocycles. The van der Waals surface area contributed by atoms with Gasteiger partial charge in [0.05, 0.1) is 12.2 Å².